The topological polar surface area (TPSA) is 26.0 Å². The van der Waals surface area contributed by atoms with Crippen molar-refractivity contribution in [1.29, 1.82) is 0 Å². The Kier molecular flexibility index (Phi) is 3.23. The van der Waals surface area contributed by atoms with E-state index in [9.17, 15) is 0 Å². The minimum Gasteiger partial charge on any atom is -0.402 e. The predicted molar refractivity (Wildman–Crippen MR) is 65.1 cm³/mol. The van der Waals surface area contributed by atoms with Crippen molar-refractivity contribution in [3.05, 3.63) is 53.7 Å². The van der Waals surface area contributed by atoms with Gasteiger partial charge in [-0.05, 0) is 30.9 Å². The molecule has 0 fully saturated rings. The maximum absolute atomic E-state index is 6.11. The van der Waals surface area contributed by atoms with Crippen molar-refractivity contribution < 1.29 is 0 Å². The van der Waals surface area contributed by atoms with E-state index in [0.29, 0.717) is 5.92 Å². The molecule has 0 aliphatic heterocycles. The highest BCUT2D eigenvalue weighted by Gasteiger charge is 2.11. The fourth-order valence-electron chi connectivity index (χ4n) is 1.96. The molecule has 15 heavy (non-hydrogen) atoms. The lowest BCUT2D eigenvalue weighted by molar-refractivity contribution is 0.551. The Hall–Kier alpha value is -1.50. The van der Waals surface area contributed by atoms with E-state index in [-0.39, 0.29) is 0 Å². The molecule has 1 unspecified atom stereocenters. The summed E-state index contributed by atoms with van der Waals surface area (Å²) in [5.74, 6) is 0.537. The number of hydrogen-bond acceptors (Lipinski definition) is 1. The molecule has 0 heterocycles. The van der Waals surface area contributed by atoms with Crippen LogP contribution in [0.4, 0.5) is 0 Å². The first-order chi connectivity index (χ1) is 7.36. The summed E-state index contributed by atoms with van der Waals surface area (Å²) in [4.78, 5) is 0. The Morgan fingerprint density at radius 2 is 2.00 bits per heavy atom. The van der Waals surface area contributed by atoms with Crippen LogP contribution in [0.15, 0.2) is 48.2 Å². The van der Waals surface area contributed by atoms with E-state index in [1.165, 1.54) is 12.0 Å². The van der Waals surface area contributed by atoms with Gasteiger partial charge in [-0.3, -0.25) is 0 Å². The smallest absolute Gasteiger partial charge is 0.0121 e. The molecule has 1 atom stereocenters. The van der Waals surface area contributed by atoms with Crippen LogP contribution in [-0.2, 0) is 0 Å². The summed E-state index contributed by atoms with van der Waals surface area (Å²) < 4.78 is 0. The number of hydrogen-bond donors (Lipinski definition) is 1. The number of allylic oxidation sites excluding steroid dienone is 3. The molecule has 0 saturated carbocycles. The Bertz CT molecular complexity index is 362. The van der Waals surface area contributed by atoms with Crippen LogP contribution in [0.5, 0.6) is 0 Å². The van der Waals surface area contributed by atoms with Crippen LogP contribution >= 0.6 is 0 Å². The van der Waals surface area contributed by atoms with Crippen molar-refractivity contribution in [3.63, 3.8) is 0 Å². The summed E-state index contributed by atoms with van der Waals surface area (Å²) in [5, 5.41) is 0. The molecule has 0 bridgehead atoms. The van der Waals surface area contributed by atoms with Crippen LogP contribution in [0, 0.1) is 5.92 Å². The lowest BCUT2D eigenvalue weighted by Gasteiger charge is -2.18. The summed E-state index contributed by atoms with van der Waals surface area (Å²) in [5.41, 5.74) is 8.33. The maximum atomic E-state index is 6.11. The van der Waals surface area contributed by atoms with E-state index in [2.05, 4.69) is 30.4 Å². The molecule has 2 N–H and O–H groups in total. The van der Waals surface area contributed by atoms with Gasteiger partial charge in [-0.1, -0.05) is 42.5 Å². The zero-order valence-corrected chi connectivity index (χ0v) is 8.89. The summed E-state index contributed by atoms with van der Waals surface area (Å²) in [6, 6.07) is 10.3. The van der Waals surface area contributed by atoms with Gasteiger partial charge in [-0.25, -0.2) is 0 Å². The molecular formula is C14H17N. The molecule has 1 heteroatoms. The van der Waals surface area contributed by atoms with Crippen LogP contribution < -0.4 is 5.73 Å². The summed E-state index contributed by atoms with van der Waals surface area (Å²) in [6.07, 6.45) is 10.0. The van der Waals surface area contributed by atoms with Crippen molar-refractivity contribution >= 4 is 6.08 Å². The molecule has 0 amide bonds. The molecule has 0 saturated heterocycles. The van der Waals surface area contributed by atoms with Crippen LogP contribution in [0.1, 0.15) is 24.8 Å². The van der Waals surface area contributed by atoms with E-state index in [4.69, 9.17) is 5.73 Å². The molecule has 2 rings (SSSR count). The molecule has 1 aliphatic rings. The quantitative estimate of drug-likeness (QED) is 0.726. The molecule has 1 aromatic rings. The van der Waals surface area contributed by atoms with E-state index >= 15 is 0 Å². The van der Waals surface area contributed by atoms with Gasteiger partial charge in [0, 0.05) is 11.6 Å². The van der Waals surface area contributed by atoms with Gasteiger partial charge in [0.1, 0.15) is 0 Å². The van der Waals surface area contributed by atoms with Crippen molar-refractivity contribution in [1.82, 2.24) is 0 Å². The zero-order chi connectivity index (χ0) is 10.5. The van der Waals surface area contributed by atoms with Crippen molar-refractivity contribution in [2.24, 2.45) is 11.7 Å². The van der Waals surface area contributed by atoms with Crippen molar-refractivity contribution in [2.75, 3.05) is 0 Å². The van der Waals surface area contributed by atoms with E-state index < -0.39 is 0 Å². The Labute approximate surface area is 91.3 Å². The highest BCUT2D eigenvalue weighted by atomic mass is 14.6. The standard InChI is InChI=1S/C14H17N/c15-14(13-9-5-2-6-10-13)11-12-7-3-1-4-8-12/h1-5,7-8,11,13H,6,9-10,15H2. The van der Waals surface area contributed by atoms with Crippen molar-refractivity contribution in [2.45, 2.75) is 19.3 Å². The molecule has 78 valence electrons. The molecule has 1 aliphatic carbocycles. The third-order valence-electron chi connectivity index (χ3n) is 2.87. The Morgan fingerprint density at radius 1 is 1.20 bits per heavy atom. The number of nitrogens with two attached hydrogens (primary N) is 1. The first kappa shape index (κ1) is 10.0. The third-order valence-corrected chi connectivity index (χ3v) is 2.87. The first-order valence-corrected chi connectivity index (χ1v) is 5.53. The SMILES string of the molecule is NC(=Cc1ccccc1)C1CC=CCC1. The predicted octanol–water partition coefficient (Wildman–Crippen LogP) is 3.34. The highest BCUT2D eigenvalue weighted by molar-refractivity contribution is 5.52. The average Bonchev–Trinajstić information content (AvgIpc) is 2.31. The van der Waals surface area contributed by atoms with Gasteiger partial charge in [0.2, 0.25) is 0 Å². The van der Waals surface area contributed by atoms with Gasteiger partial charge in [0.25, 0.3) is 0 Å². The van der Waals surface area contributed by atoms with Crippen molar-refractivity contribution in [3.8, 4) is 0 Å². The molecular weight excluding hydrogens is 182 g/mol. The molecule has 0 radical (unpaired) electrons. The van der Waals surface area contributed by atoms with Crippen LogP contribution in [-0.4, -0.2) is 0 Å². The second-order valence-corrected chi connectivity index (χ2v) is 4.04. The summed E-state index contributed by atoms with van der Waals surface area (Å²) in [7, 11) is 0. The van der Waals surface area contributed by atoms with Gasteiger partial charge in [-0.15, -0.1) is 0 Å². The minimum absolute atomic E-state index is 0.537. The minimum atomic E-state index is 0.537. The fourth-order valence-corrected chi connectivity index (χ4v) is 1.96. The highest BCUT2D eigenvalue weighted by Crippen LogP contribution is 2.24. The van der Waals surface area contributed by atoms with Gasteiger partial charge >= 0.3 is 0 Å². The second kappa shape index (κ2) is 4.83. The molecule has 0 aromatic heterocycles. The van der Waals surface area contributed by atoms with Crippen LogP contribution in [0.2, 0.25) is 0 Å². The molecule has 1 nitrogen and oxygen atoms in total. The lowest BCUT2D eigenvalue weighted by atomic mass is 9.91. The number of benzene rings is 1. The van der Waals surface area contributed by atoms with E-state index in [1.807, 2.05) is 18.2 Å². The maximum Gasteiger partial charge on any atom is 0.0121 e. The van der Waals surface area contributed by atoms with Gasteiger partial charge in [0.15, 0.2) is 0 Å². The van der Waals surface area contributed by atoms with Gasteiger partial charge < -0.3 is 5.73 Å². The molecule has 0 spiro atoms. The number of rotatable bonds is 2. The van der Waals surface area contributed by atoms with Crippen LogP contribution in [0.3, 0.4) is 0 Å². The normalized spacial score (nSPS) is 21.6. The first-order valence-electron chi connectivity index (χ1n) is 5.53. The van der Waals surface area contributed by atoms with Gasteiger partial charge in [0.05, 0.1) is 0 Å². The second-order valence-electron chi connectivity index (χ2n) is 4.04. The van der Waals surface area contributed by atoms with E-state index in [1.54, 1.807) is 0 Å². The molecule has 1 aromatic carbocycles. The van der Waals surface area contributed by atoms with E-state index in [0.717, 1.165) is 18.5 Å². The zero-order valence-electron chi connectivity index (χ0n) is 8.89. The fraction of sp³-hybridized carbons (Fsp3) is 0.286. The Balaban J connectivity index is 2.10. The average molecular weight is 199 g/mol. The largest absolute Gasteiger partial charge is 0.402 e. The van der Waals surface area contributed by atoms with Crippen LogP contribution in [0.25, 0.3) is 6.08 Å². The monoisotopic (exact) mass is 199 g/mol. The lowest BCUT2D eigenvalue weighted by Crippen LogP contribution is -2.12. The Morgan fingerprint density at radius 3 is 2.67 bits per heavy atom. The summed E-state index contributed by atoms with van der Waals surface area (Å²) in [6.45, 7) is 0. The third kappa shape index (κ3) is 2.72. The summed E-state index contributed by atoms with van der Waals surface area (Å²) >= 11 is 0. The van der Waals surface area contributed by atoms with Gasteiger partial charge in [-0.2, -0.15) is 0 Å².